The van der Waals surface area contributed by atoms with Gasteiger partial charge in [-0.3, -0.25) is 0 Å². The van der Waals surface area contributed by atoms with Gasteiger partial charge in [0.15, 0.2) is 0 Å². The third kappa shape index (κ3) is 13.5. The maximum Gasteiger partial charge on any atom is 0.0106 e. The van der Waals surface area contributed by atoms with Crippen molar-refractivity contribution in [1.29, 1.82) is 0 Å². The van der Waals surface area contributed by atoms with E-state index >= 15 is 0 Å². The second-order valence-electron chi connectivity index (χ2n) is 2.62. The van der Waals surface area contributed by atoms with Crippen molar-refractivity contribution in [3.05, 3.63) is 48.6 Å². The lowest BCUT2D eigenvalue weighted by Gasteiger charge is -1.90. The van der Waals surface area contributed by atoms with E-state index in [4.69, 9.17) is 5.73 Å². The van der Waals surface area contributed by atoms with E-state index in [1.165, 1.54) is 5.57 Å². The van der Waals surface area contributed by atoms with Gasteiger partial charge < -0.3 is 5.73 Å². The first kappa shape index (κ1) is 15.4. The summed E-state index contributed by atoms with van der Waals surface area (Å²) >= 11 is 0. The summed E-state index contributed by atoms with van der Waals surface area (Å²) in [7, 11) is 0. The lowest BCUT2D eigenvalue weighted by atomic mass is 10.2. The molecule has 0 aliphatic rings. The van der Waals surface area contributed by atoms with Crippen LogP contribution in [-0.4, -0.2) is 6.54 Å². The zero-order valence-electron chi connectivity index (χ0n) is 9.66. The molecule has 0 aliphatic heterocycles. The molecular formula is C13H23N. The zero-order chi connectivity index (χ0) is 11.2. The molecule has 1 heteroatoms. The summed E-state index contributed by atoms with van der Waals surface area (Å²) in [5.74, 6) is 0. The van der Waals surface area contributed by atoms with Gasteiger partial charge in [0.25, 0.3) is 0 Å². The van der Waals surface area contributed by atoms with E-state index in [-0.39, 0.29) is 0 Å². The summed E-state index contributed by atoms with van der Waals surface area (Å²) in [6, 6.07) is 0. The van der Waals surface area contributed by atoms with Gasteiger partial charge in [0.2, 0.25) is 0 Å². The van der Waals surface area contributed by atoms with Crippen LogP contribution in [0.3, 0.4) is 0 Å². The molecule has 0 atom stereocenters. The predicted octanol–water partition coefficient (Wildman–Crippen LogP) is 3.61. The van der Waals surface area contributed by atoms with Crippen molar-refractivity contribution in [1.82, 2.24) is 0 Å². The van der Waals surface area contributed by atoms with Gasteiger partial charge in [-0.2, -0.15) is 0 Å². The van der Waals surface area contributed by atoms with Crippen molar-refractivity contribution in [3.8, 4) is 0 Å². The van der Waals surface area contributed by atoms with Gasteiger partial charge in [-0.15, -0.1) is 0 Å². The Bertz CT molecular complexity index is 197. The minimum atomic E-state index is 0.663. The molecule has 14 heavy (non-hydrogen) atoms. The molecule has 0 unspecified atom stereocenters. The highest BCUT2D eigenvalue weighted by molar-refractivity contribution is 5.20. The van der Waals surface area contributed by atoms with Crippen LogP contribution in [0.2, 0.25) is 0 Å². The maximum atomic E-state index is 5.05. The van der Waals surface area contributed by atoms with E-state index in [1.54, 1.807) is 6.08 Å². The van der Waals surface area contributed by atoms with Crippen molar-refractivity contribution < 1.29 is 0 Å². The molecule has 0 fully saturated rings. The standard InChI is InChI=1S/C9H14.C4H9N/c1-4-7-8-9(5-2)6-3;1-2-3-4-5/h4-5,7-8H,1,6H2,2-3H3;2-3H,4-5H2,1H3/b8-7+,9-5?;3-2-. The van der Waals surface area contributed by atoms with Gasteiger partial charge in [-0.05, 0) is 20.3 Å². The molecule has 2 N–H and O–H groups in total. The van der Waals surface area contributed by atoms with E-state index in [9.17, 15) is 0 Å². The van der Waals surface area contributed by atoms with E-state index in [0.29, 0.717) is 6.54 Å². The Labute approximate surface area is 88.7 Å². The molecule has 0 amide bonds. The third-order valence-corrected chi connectivity index (χ3v) is 1.60. The fourth-order valence-corrected chi connectivity index (χ4v) is 0.746. The average molecular weight is 193 g/mol. The fourth-order valence-electron chi connectivity index (χ4n) is 0.746. The van der Waals surface area contributed by atoms with E-state index < -0.39 is 0 Å². The second kappa shape index (κ2) is 14.4. The van der Waals surface area contributed by atoms with Crippen LogP contribution in [0.25, 0.3) is 0 Å². The van der Waals surface area contributed by atoms with Crippen LogP contribution in [0, 0.1) is 0 Å². The van der Waals surface area contributed by atoms with Crippen molar-refractivity contribution in [2.24, 2.45) is 5.73 Å². The van der Waals surface area contributed by atoms with Gasteiger partial charge in [0, 0.05) is 6.54 Å². The molecule has 0 rings (SSSR count). The second-order valence-corrected chi connectivity index (χ2v) is 2.62. The van der Waals surface area contributed by atoms with E-state index in [0.717, 1.165) is 6.42 Å². The van der Waals surface area contributed by atoms with Crippen LogP contribution in [0.15, 0.2) is 48.6 Å². The SMILES string of the molecule is C/C=C\CN.C=C/C=C/C(=CC)CC. The summed E-state index contributed by atoms with van der Waals surface area (Å²) in [6.07, 6.45) is 12.9. The first-order valence-corrected chi connectivity index (χ1v) is 5.02. The summed E-state index contributed by atoms with van der Waals surface area (Å²) in [5.41, 5.74) is 6.41. The van der Waals surface area contributed by atoms with E-state index in [2.05, 4.69) is 25.7 Å². The normalized spacial score (nSPS) is 11.6. The Balaban J connectivity index is 0. The Hall–Kier alpha value is -1.08. The number of hydrogen-bond donors (Lipinski definition) is 1. The zero-order valence-corrected chi connectivity index (χ0v) is 9.66. The lowest BCUT2D eigenvalue weighted by molar-refractivity contribution is 1.14. The monoisotopic (exact) mass is 193 g/mol. The Morgan fingerprint density at radius 1 is 1.36 bits per heavy atom. The number of rotatable bonds is 4. The molecule has 0 saturated carbocycles. The van der Waals surface area contributed by atoms with Gasteiger partial charge in [0.1, 0.15) is 0 Å². The molecule has 0 bridgehead atoms. The fraction of sp³-hybridized carbons (Fsp3) is 0.385. The summed E-state index contributed by atoms with van der Waals surface area (Å²) in [6.45, 7) is 10.4. The summed E-state index contributed by atoms with van der Waals surface area (Å²) in [5, 5.41) is 0. The molecule has 0 aliphatic carbocycles. The molecule has 1 nitrogen and oxygen atoms in total. The number of hydrogen-bond acceptors (Lipinski definition) is 1. The Kier molecular flexibility index (Phi) is 15.9. The lowest BCUT2D eigenvalue weighted by Crippen LogP contribution is -1.90. The van der Waals surface area contributed by atoms with Crippen LogP contribution in [0.5, 0.6) is 0 Å². The highest BCUT2D eigenvalue weighted by Gasteiger charge is 1.80. The van der Waals surface area contributed by atoms with Gasteiger partial charge in [-0.1, -0.05) is 55.5 Å². The Morgan fingerprint density at radius 3 is 2.21 bits per heavy atom. The van der Waals surface area contributed by atoms with Gasteiger partial charge >= 0.3 is 0 Å². The average Bonchev–Trinajstić information content (AvgIpc) is 2.22. The molecule has 0 heterocycles. The molecule has 0 saturated heterocycles. The molecular weight excluding hydrogens is 170 g/mol. The van der Waals surface area contributed by atoms with Crippen LogP contribution in [0.4, 0.5) is 0 Å². The minimum Gasteiger partial charge on any atom is -0.327 e. The first-order chi connectivity index (χ1) is 6.76. The van der Waals surface area contributed by atoms with E-state index in [1.807, 2.05) is 32.1 Å². The predicted molar refractivity (Wildman–Crippen MR) is 67.3 cm³/mol. The molecule has 0 spiro atoms. The smallest absolute Gasteiger partial charge is 0.0106 e. The quantitative estimate of drug-likeness (QED) is 0.535. The van der Waals surface area contributed by atoms with Crippen molar-refractivity contribution in [2.75, 3.05) is 6.54 Å². The third-order valence-electron chi connectivity index (χ3n) is 1.60. The van der Waals surface area contributed by atoms with Crippen LogP contribution >= 0.6 is 0 Å². The Morgan fingerprint density at radius 2 is 2.00 bits per heavy atom. The maximum absolute atomic E-state index is 5.05. The minimum absolute atomic E-state index is 0.663. The number of allylic oxidation sites excluding steroid dienone is 6. The van der Waals surface area contributed by atoms with Gasteiger partial charge in [0.05, 0.1) is 0 Å². The van der Waals surface area contributed by atoms with Crippen LogP contribution < -0.4 is 5.73 Å². The largest absolute Gasteiger partial charge is 0.327 e. The molecule has 0 aromatic carbocycles. The molecule has 80 valence electrons. The van der Waals surface area contributed by atoms with Crippen molar-refractivity contribution >= 4 is 0 Å². The molecule has 0 aromatic heterocycles. The molecule has 0 aromatic rings. The topological polar surface area (TPSA) is 26.0 Å². The number of nitrogens with two attached hydrogens (primary N) is 1. The summed E-state index contributed by atoms with van der Waals surface area (Å²) < 4.78 is 0. The van der Waals surface area contributed by atoms with Crippen molar-refractivity contribution in [3.63, 3.8) is 0 Å². The molecule has 0 radical (unpaired) electrons. The van der Waals surface area contributed by atoms with Crippen LogP contribution in [0.1, 0.15) is 27.2 Å². The highest BCUT2D eigenvalue weighted by atomic mass is 14.5. The van der Waals surface area contributed by atoms with Crippen LogP contribution in [-0.2, 0) is 0 Å². The van der Waals surface area contributed by atoms with Gasteiger partial charge in [-0.25, -0.2) is 0 Å². The first-order valence-electron chi connectivity index (χ1n) is 5.02. The van der Waals surface area contributed by atoms with Crippen molar-refractivity contribution in [2.45, 2.75) is 27.2 Å². The summed E-state index contributed by atoms with van der Waals surface area (Å²) in [4.78, 5) is 0. The highest BCUT2D eigenvalue weighted by Crippen LogP contribution is 2.00.